The molecule has 1 N–H and O–H groups in total. The first-order valence-corrected chi connectivity index (χ1v) is 8.25. The minimum Gasteiger partial charge on any atom is -0.465 e. The molecule has 1 aliphatic rings. The smallest absolute Gasteiger partial charge is 0.339 e. The van der Waals surface area contributed by atoms with Gasteiger partial charge in [0.05, 0.1) is 18.4 Å². The van der Waals surface area contributed by atoms with Crippen LogP contribution in [0.15, 0.2) is 11.5 Å². The summed E-state index contributed by atoms with van der Waals surface area (Å²) >= 11 is 3.18. The summed E-state index contributed by atoms with van der Waals surface area (Å²) in [5.41, 5.74) is 1.04. The number of carbonyl (C=O) groups excluding carboxylic acids is 2. The lowest BCUT2D eigenvalue weighted by atomic mass is 10.0. The lowest BCUT2D eigenvalue weighted by Gasteiger charge is -2.06. The topological polar surface area (TPSA) is 68.3 Å². The van der Waals surface area contributed by atoms with Crippen LogP contribution < -0.4 is 5.32 Å². The maximum Gasteiger partial charge on any atom is 0.339 e. The summed E-state index contributed by atoms with van der Waals surface area (Å²) in [7, 11) is 1.36. The van der Waals surface area contributed by atoms with E-state index in [-0.39, 0.29) is 11.9 Å². The molecule has 1 saturated heterocycles. The molecule has 2 heterocycles. The fourth-order valence-corrected chi connectivity index (χ4v) is 3.85. The number of thioether (sulfide) groups is 1. The zero-order valence-electron chi connectivity index (χ0n) is 11.3. The maximum absolute atomic E-state index is 11.9. The summed E-state index contributed by atoms with van der Waals surface area (Å²) in [6.07, 6.45) is 3.01. The van der Waals surface area contributed by atoms with Crippen LogP contribution >= 0.6 is 23.1 Å². The molecular weight excluding hydrogens is 296 g/mol. The highest BCUT2D eigenvalue weighted by Gasteiger charge is 2.21. The molecule has 108 valence electrons. The van der Waals surface area contributed by atoms with Crippen molar-refractivity contribution in [2.45, 2.75) is 13.3 Å². The van der Waals surface area contributed by atoms with Crippen LogP contribution in [0.4, 0.5) is 5.13 Å². The van der Waals surface area contributed by atoms with Crippen molar-refractivity contribution in [1.82, 2.24) is 4.98 Å². The molecule has 0 bridgehead atoms. The Balaban J connectivity index is 2.24. The predicted octanol–water partition coefficient (Wildman–Crippen LogP) is 2.41. The number of amides is 1. The molecule has 5 nitrogen and oxygen atoms in total. The van der Waals surface area contributed by atoms with Crippen molar-refractivity contribution in [3.63, 3.8) is 0 Å². The van der Waals surface area contributed by atoms with Crippen LogP contribution in [0.25, 0.3) is 5.57 Å². The van der Waals surface area contributed by atoms with Crippen molar-refractivity contribution in [2.75, 3.05) is 23.9 Å². The summed E-state index contributed by atoms with van der Waals surface area (Å²) in [5.74, 6) is 1.94. The largest absolute Gasteiger partial charge is 0.465 e. The van der Waals surface area contributed by atoms with Gasteiger partial charge in [-0.1, -0.05) is 6.08 Å². The number of hydrogen-bond donors (Lipinski definition) is 1. The van der Waals surface area contributed by atoms with Crippen molar-refractivity contribution >= 4 is 45.7 Å². The van der Waals surface area contributed by atoms with Crippen LogP contribution in [-0.2, 0) is 14.3 Å². The fraction of sp³-hybridized carbons (Fsp3) is 0.462. The Morgan fingerprint density at radius 2 is 2.35 bits per heavy atom. The number of ether oxygens (including phenoxy) is 1. The molecule has 1 fully saturated rings. The number of thiazole rings is 1. The summed E-state index contributed by atoms with van der Waals surface area (Å²) in [6, 6.07) is 0. The third kappa shape index (κ3) is 3.83. The molecule has 0 spiro atoms. The molecule has 0 aromatic carbocycles. The van der Waals surface area contributed by atoms with E-state index in [4.69, 9.17) is 4.74 Å². The van der Waals surface area contributed by atoms with E-state index in [0.717, 1.165) is 17.9 Å². The number of anilines is 1. The minimum absolute atomic E-state index is 0.179. The number of allylic oxidation sites excluding steroid dienone is 1. The van der Waals surface area contributed by atoms with Gasteiger partial charge in [0, 0.05) is 12.3 Å². The van der Waals surface area contributed by atoms with Crippen molar-refractivity contribution < 1.29 is 14.3 Å². The highest BCUT2D eigenvalue weighted by molar-refractivity contribution is 7.99. The molecule has 20 heavy (non-hydrogen) atoms. The molecule has 1 aromatic heterocycles. The second-order valence-electron chi connectivity index (χ2n) is 4.41. The van der Waals surface area contributed by atoms with Gasteiger partial charge in [-0.15, -0.1) is 11.3 Å². The molecule has 1 amide bonds. The van der Waals surface area contributed by atoms with Gasteiger partial charge in [0.2, 0.25) is 5.91 Å². The van der Waals surface area contributed by atoms with Crippen molar-refractivity contribution in [3.05, 3.63) is 17.2 Å². The van der Waals surface area contributed by atoms with Gasteiger partial charge in [0.15, 0.2) is 5.13 Å². The summed E-state index contributed by atoms with van der Waals surface area (Å²) in [4.78, 5) is 27.2. The van der Waals surface area contributed by atoms with Gasteiger partial charge in [0.25, 0.3) is 0 Å². The van der Waals surface area contributed by atoms with Gasteiger partial charge in [-0.2, -0.15) is 11.8 Å². The van der Waals surface area contributed by atoms with Crippen LogP contribution in [0.5, 0.6) is 0 Å². The Bertz CT molecular complexity index is 533. The predicted molar refractivity (Wildman–Crippen MR) is 81.8 cm³/mol. The molecule has 0 radical (unpaired) electrons. The molecule has 1 atom stereocenters. The normalized spacial score (nSPS) is 18.9. The van der Waals surface area contributed by atoms with Gasteiger partial charge in [-0.05, 0) is 23.8 Å². The Morgan fingerprint density at radius 1 is 1.55 bits per heavy atom. The number of esters is 1. The first kappa shape index (κ1) is 15.1. The monoisotopic (exact) mass is 312 g/mol. The Morgan fingerprint density at radius 3 is 2.95 bits per heavy atom. The Labute approximate surface area is 125 Å². The quantitative estimate of drug-likeness (QED) is 0.683. The van der Waals surface area contributed by atoms with E-state index in [1.54, 1.807) is 5.38 Å². The van der Waals surface area contributed by atoms with E-state index in [1.807, 2.05) is 17.8 Å². The van der Waals surface area contributed by atoms with E-state index >= 15 is 0 Å². The molecule has 2 rings (SSSR count). The van der Waals surface area contributed by atoms with Gasteiger partial charge >= 0.3 is 5.97 Å². The van der Waals surface area contributed by atoms with E-state index < -0.39 is 0 Å². The fourth-order valence-electron chi connectivity index (χ4n) is 1.89. The standard InChI is InChI=1S/C13H16N2O3S2/c1-8(16)14-13-15-11(7-20-13)10(12(17)18-2)5-9-3-4-19-6-9/h5,7,9H,3-4,6H2,1-2H3,(H,14,15,16). The maximum atomic E-state index is 11.9. The van der Waals surface area contributed by atoms with Crippen LogP contribution in [0.2, 0.25) is 0 Å². The van der Waals surface area contributed by atoms with Gasteiger partial charge in [-0.3, -0.25) is 4.79 Å². The Kier molecular flexibility index (Phi) is 5.19. The molecular formula is C13H16N2O3S2. The first-order chi connectivity index (χ1) is 9.60. The van der Waals surface area contributed by atoms with E-state index in [1.165, 1.54) is 25.4 Å². The van der Waals surface area contributed by atoms with Crippen molar-refractivity contribution in [3.8, 4) is 0 Å². The zero-order chi connectivity index (χ0) is 14.5. The van der Waals surface area contributed by atoms with Gasteiger partial charge in [0.1, 0.15) is 0 Å². The molecule has 1 unspecified atom stereocenters. The number of rotatable bonds is 4. The lowest BCUT2D eigenvalue weighted by molar-refractivity contribution is -0.133. The number of nitrogens with one attached hydrogen (secondary N) is 1. The number of methoxy groups -OCH3 is 1. The van der Waals surface area contributed by atoms with Gasteiger partial charge in [-0.25, -0.2) is 9.78 Å². The van der Waals surface area contributed by atoms with Crippen LogP contribution in [0, 0.1) is 5.92 Å². The average Bonchev–Trinajstić information content (AvgIpc) is 3.05. The summed E-state index contributed by atoms with van der Waals surface area (Å²) < 4.78 is 4.83. The zero-order valence-corrected chi connectivity index (χ0v) is 13.0. The highest BCUT2D eigenvalue weighted by Crippen LogP contribution is 2.29. The van der Waals surface area contributed by atoms with Crippen LogP contribution in [-0.4, -0.2) is 35.5 Å². The molecule has 1 aromatic rings. The first-order valence-electron chi connectivity index (χ1n) is 6.21. The van der Waals surface area contributed by atoms with E-state index in [0.29, 0.717) is 22.3 Å². The third-order valence-corrected chi connectivity index (χ3v) is 4.78. The summed E-state index contributed by atoms with van der Waals surface area (Å²) in [6.45, 7) is 1.42. The molecule has 0 saturated carbocycles. The van der Waals surface area contributed by atoms with E-state index in [9.17, 15) is 9.59 Å². The van der Waals surface area contributed by atoms with Crippen molar-refractivity contribution in [2.24, 2.45) is 5.92 Å². The second-order valence-corrected chi connectivity index (χ2v) is 6.42. The lowest BCUT2D eigenvalue weighted by Crippen LogP contribution is -2.08. The summed E-state index contributed by atoms with van der Waals surface area (Å²) in [5, 5.41) is 4.86. The second kappa shape index (κ2) is 6.90. The number of aromatic nitrogens is 1. The SMILES string of the molecule is COC(=O)C(=CC1CCSC1)c1csc(NC(C)=O)n1. The van der Waals surface area contributed by atoms with Gasteiger partial charge < -0.3 is 10.1 Å². The van der Waals surface area contributed by atoms with Crippen LogP contribution in [0.1, 0.15) is 19.0 Å². The molecule has 7 heteroatoms. The van der Waals surface area contributed by atoms with Crippen molar-refractivity contribution in [1.29, 1.82) is 0 Å². The third-order valence-electron chi connectivity index (χ3n) is 2.84. The minimum atomic E-state index is -0.387. The number of carbonyl (C=O) groups is 2. The van der Waals surface area contributed by atoms with E-state index in [2.05, 4.69) is 10.3 Å². The van der Waals surface area contributed by atoms with Crippen LogP contribution in [0.3, 0.4) is 0 Å². The molecule has 0 aliphatic carbocycles. The highest BCUT2D eigenvalue weighted by atomic mass is 32.2. The average molecular weight is 312 g/mol. The number of hydrogen-bond acceptors (Lipinski definition) is 6. The molecule has 1 aliphatic heterocycles. The Hall–Kier alpha value is -1.34. The number of nitrogens with zero attached hydrogens (tertiary/aromatic N) is 1.